The molecule has 1 aromatic rings. The van der Waals surface area contributed by atoms with Crippen molar-refractivity contribution in [1.29, 1.82) is 0 Å². The quantitative estimate of drug-likeness (QED) is 0.815. The molecule has 1 N–H and O–H groups in total. The Morgan fingerprint density at radius 1 is 1.38 bits per heavy atom. The molecule has 5 heteroatoms. The lowest BCUT2D eigenvalue weighted by Gasteiger charge is -2.25. The molecule has 0 radical (unpaired) electrons. The molecule has 0 aliphatic carbocycles. The lowest BCUT2D eigenvalue weighted by atomic mass is 10.1. The van der Waals surface area contributed by atoms with E-state index in [2.05, 4.69) is 34.2 Å². The van der Waals surface area contributed by atoms with Crippen LogP contribution in [0.4, 0.5) is 0 Å². The minimum atomic E-state index is 0.562. The van der Waals surface area contributed by atoms with Crippen LogP contribution in [0.1, 0.15) is 25.6 Å². The largest absolute Gasteiger partial charge is 0.339 e. The Morgan fingerprint density at radius 3 is 2.81 bits per heavy atom. The van der Waals surface area contributed by atoms with Gasteiger partial charge in [-0.05, 0) is 5.92 Å². The monoisotopic (exact) mass is 224 g/mol. The Bertz CT molecular complexity index is 318. The van der Waals surface area contributed by atoms with Crippen LogP contribution in [0.25, 0.3) is 0 Å². The third-order valence-corrected chi connectivity index (χ3v) is 2.67. The van der Waals surface area contributed by atoms with E-state index < -0.39 is 0 Å². The van der Waals surface area contributed by atoms with Gasteiger partial charge in [-0.2, -0.15) is 4.98 Å². The zero-order valence-electron chi connectivity index (χ0n) is 10.1. The van der Waals surface area contributed by atoms with Crippen LogP contribution >= 0.6 is 0 Å². The van der Waals surface area contributed by atoms with Crippen LogP contribution in [0.2, 0.25) is 0 Å². The number of piperazine rings is 1. The SMILES string of the molecule is CC(C)Cc1nc(CN2CCNCC2)no1. The Hall–Kier alpha value is -0.940. The first kappa shape index (κ1) is 11.5. The van der Waals surface area contributed by atoms with Crippen LogP contribution in [0, 0.1) is 5.92 Å². The summed E-state index contributed by atoms with van der Waals surface area (Å²) >= 11 is 0. The zero-order chi connectivity index (χ0) is 11.4. The lowest BCUT2D eigenvalue weighted by molar-refractivity contribution is 0.224. The predicted octanol–water partition coefficient (Wildman–Crippen LogP) is 0.673. The van der Waals surface area contributed by atoms with Crippen molar-refractivity contribution in [1.82, 2.24) is 20.4 Å². The summed E-state index contributed by atoms with van der Waals surface area (Å²) in [4.78, 5) is 6.75. The number of hydrogen-bond donors (Lipinski definition) is 1. The Kier molecular flexibility index (Phi) is 3.90. The smallest absolute Gasteiger partial charge is 0.226 e. The van der Waals surface area contributed by atoms with E-state index in [4.69, 9.17) is 4.52 Å². The Balaban J connectivity index is 1.86. The number of hydrogen-bond acceptors (Lipinski definition) is 5. The van der Waals surface area contributed by atoms with E-state index in [9.17, 15) is 0 Å². The minimum absolute atomic E-state index is 0.562. The molecule has 16 heavy (non-hydrogen) atoms. The zero-order valence-corrected chi connectivity index (χ0v) is 10.1. The maximum absolute atomic E-state index is 5.21. The van der Waals surface area contributed by atoms with E-state index in [1.54, 1.807) is 0 Å². The highest BCUT2D eigenvalue weighted by Crippen LogP contribution is 2.07. The van der Waals surface area contributed by atoms with Gasteiger partial charge in [0, 0.05) is 32.6 Å². The van der Waals surface area contributed by atoms with E-state index in [0.717, 1.165) is 50.9 Å². The van der Waals surface area contributed by atoms with Crippen LogP contribution in [-0.2, 0) is 13.0 Å². The van der Waals surface area contributed by atoms with Gasteiger partial charge in [-0.1, -0.05) is 19.0 Å². The van der Waals surface area contributed by atoms with E-state index >= 15 is 0 Å². The summed E-state index contributed by atoms with van der Waals surface area (Å²) in [5, 5.41) is 7.34. The first-order valence-corrected chi connectivity index (χ1v) is 5.98. The highest BCUT2D eigenvalue weighted by Gasteiger charge is 2.14. The molecular weight excluding hydrogens is 204 g/mol. The predicted molar refractivity (Wildman–Crippen MR) is 61.0 cm³/mol. The van der Waals surface area contributed by atoms with Crippen molar-refractivity contribution in [2.24, 2.45) is 5.92 Å². The van der Waals surface area contributed by atoms with Crippen LogP contribution in [0.15, 0.2) is 4.52 Å². The number of aromatic nitrogens is 2. The second kappa shape index (κ2) is 5.41. The Morgan fingerprint density at radius 2 is 2.12 bits per heavy atom. The highest BCUT2D eigenvalue weighted by atomic mass is 16.5. The molecule has 0 atom stereocenters. The van der Waals surface area contributed by atoms with Gasteiger partial charge in [0.05, 0.1) is 6.54 Å². The molecule has 0 saturated carbocycles. The lowest BCUT2D eigenvalue weighted by Crippen LogP contribution is -2.43. The molecular formula is C11H20N4O. The van der Waals surface area contributed by atoms with Gasteiger partial charge in [0.2, 0.25) is 5.89 Å². The molecule has 1 aromatic heterocycles. The summed E-state index contributed by atoms with van der Waals surface area (Å²) in [5.41, 5.74) is 0. The Labute approximate surface area is 96.2 Å². The molecule has 0 aromatic carbocycles. The average molecular weight is 224 g/mol. The van der Waals surface area contributed by atoms with Crippen molar-refractivity contribution in [3.8, 4) is 0 Å². The van der Waals surface area contributed by atoms with Gasteiger partial charge in [0.15, 0.2) is 5.82 Å². The molecule has 1 fully saturated rings. The molecule has 0 amide bonds. The van der Waals surface area contributed by atoms with Crippen LogP contribution in [-0.4, -0.2) is 41.2 Å². The minimum Gasteiger partial charge on any atom is -0.339 e. The maximum Gasteiger partial charge on any atom is 0.226 e. The molecule has 0 bridgehead atoms. The fraction of sp³-hybridized carbons (Fsp3) is 0.818. The first-order valence-electron chi connectivity index (χ1n) is 5.98. The van der Waals surface area contributed by atoms with Crippen LogP contribution in [0.5, 0.6) is 0 Å². The topological polar surface area (TPSA) is 54.2 Å². The highest BCUT2D eigenvalue weighted by molar-refractivity contribution is 4.88. The van der Waals surface area contributed by atoms with Gasteiger partial charge in [0.1, 0.15) is 0 Å². The standard InChI is InChI=1S/C11H20N4O/c1-9(2)7-11-13-10(14-16-11)8-15-5-3-12-4-6-15/h9,12H,3-8H2,1-2H3. The average Bonchev–Trinajstić information content (AvgIpc) is 2.66. The van der Waals surface area contributed by atoms with Crippen molar-refractivity contribution in [2.75, 3.05) is 26.2 Å². The molecule has 5 nitrogen and oxygen atoms in total. The molecule has 1 aliphatic rings. The fourth-order valence-corrected chi connectivity index (χ4v) is 1.86. The molecule has 2 heterocycles. The van der Waals surface area contributed by atoms with Gasteiger partial charge in [-0.15, -0.1) is 0 Å². The van der Waals surface area contributed by atoms with E-state index in [-0.39, 0.29) is 0 Å². The third-order valence-electron chi connectivity index (χ3n) is 2.67. The molecule has 90 valence electrons. The molecule has 1 saturated heterocycles. The number of nitrogens with one attached hydrogen (secondary N) is 1. The molecule has 1 aliphatic heterocycles. The fourth-order valence-electron chi connectivity index (χ4n) is 1.86. The van der Waals surface area contributed by atoms with Crippen molar-refractivity contribution in [3.63, 3.8) is 0 Å². The third kappa shape index (κ3) is 3.28. The van der Waals surface area contributed by atoms with Crippen molar-refractivity contribution in [3.05, 3.63) is 11.7 Å². The van der Waals surface area contributed by atoms with Crippen molar-refractivity contribution < 1.29 is 4.52 Å². The molecule has 0 unspecified atom stereocenters. The maximum atomic E-state index is 5.21. The first-order chi connectivity index (χ1) is 7.74. The van der Waals surface area contributed by atoms with Gasteiger partial charge in [-0.25, -0.2) is 0 Å². The summed E-state index contributed by atoms with van der Waals surface area (Å²) in [6, 6.07) is 0. The normalized spacial score (nSPS) is 18.2. The van der Waals surface area contributed by atoms with Crippen LogP contribution < -0.4 is 5.32 Å². The van der Waals surface area contributed by atoms with E-state index in [1.807, 2.05) is 0 Å². The number of nitrogens with zero attached hydrogens (tertiary/aromatic N) is 3. The second-order valence-corrected chi connectivity index (χ2v) is 4.73. The number of rotatable bonds is 4. The van der Waals surface area contributed by atoms with Crippen molar-refractivity contribution in [2.45, 2.75) is 26.8 Å². The van der Waals surface area contributed by atoms with Gasteiger partial charge < -0.3 is 9.84 Å². The van der Waals surface area contributed by atoms with Gasteiger partial charge in [-0.3, -0.25) is 4.90 Å². The molecule has 2 rings (SSSR count). The van der Waals surface area contributed by atoms with Crippen LogP contribution in [0.3, 0.4) is 0 Å². The summed E-state index contributed by atoms with van der Waals surface area (Å²) in [7, 11) is 0. The molecule has 0 spiro atoms. The van der Waals surface area contributed by atoms with Gasteiger partial charge >= 0.3 is 0 Å². The van der Waals surface area contributed by atoms with E-state index in [1.165, 1.54) is 0 Å². The summed E-state index contributed by atoms with van der Waals surface area (Å²) < 4.78 is 5.21. The van der Waals surface area contributed by atoms with Crippen molar-refractivity contribution >= 4 is 0 Å². The van der Waals surface area contributed by atoms with E-state index in [0.29, 0.717) is 5.92 Å². The summed E-state index contributed by atoms with van der Waals surface area (Å²) in [6.07, 6.45) is 0.870. The second-order valence-electron chi connectivity index (χ2n) is 4.73. The van der Waals surface area contributed by atoms with Gasteiger partial charge in [0.25, 0.3) is 0 Å². The summed E-state index contributed by atoms with van der Waals surface area (Å²) in [6.45, 7) is 9.35. The summed E-state index contributed by atoms with van der Waals surface area (Å²) in [5.74, 6) is 2.14.